The Hall–Kier alpha value is -2.12. The largest absolute Gasteiger partial charge is 0.386 e. The van der Waals surface area contributed by atoms with Crippen molar-refractivity contribution in [1.82, 2.24) is 5.32 Å². The molecule has 1 amide bonds. The lowest BCUT2D eigenvalue weighted by atomic mass is 10.1. The van der Waals surface area contributed by atoms with E-state index < -0.39 is 47.4 Å². The van der Waals surface area contributed by atoms with Crippen LogP contribution in [0.25, 0.3) is 0 Å². The molecule has 1 atom stereocenters. The Labute approximate surface area is 133 Å². The van der Waals surface area contributed by atoms with Crippen LogP contribution in [-0.2, 0) is 0 Å². The Morgan fingerprint density at radius 2 is 1.65 bits per heavy atom. The SMILES string of the molecule is O=C(NCC(O)c1c(F)cccc1F)c1cc(F)c(F)cc1Cl. The van der Waals surface area contributed by atoms with Crippen molar-refractivity contribution < 1.29 is 27.5 Å². The third-order valence-corrected chi connectivity index (χ3v) is 3.36. The molecule has 0 aliphatic carbocycles. The van der Waals surface area contributed by atoms with Crippen molar-refractivity contribution >= 4 is 17.5 Å². The van der Waals surface area contributed by atoms with Gasteiger partial charge in [0.25, 0.3) is 5.91 Å². The topological polar surface area (TPSA) is 49.3 Å². The maximum atomic E-state index is 13.5. The zero-order valence-electron chi connectivity index (χ0n) is 11.4. The first-order valence-electron chi connectivity index (χ1n) is 6.36. The average Bonchev–Trinajstić information content (AvgIpc) is 2.48. The van der Waals surface area contributed by atoms with Crippen LogP contribution < -0.4 is 5.32 Å². The maximum absolute atomic E-state index is 13.5. The smallest absolute Gasteiger partial charge is 0.253 e. The number of hydrogen-bond donors (Lipinski definition) is 2. The first kappa shape index (κ1) is 17.2. The van der Waals surface area contributed by atoms with Gasteiger partial charge in [0.1, 0.15) is 17.7 Å². The number of halogens is 5. The van der Waals surface area contributed by atoms with E-state index in [9.17, 15) is 27.5 Å². The van der Waals surface area contributed by atoms with Crippen molar-refractivity contribution in [3.63, 3.8) is 0 Å². The highest BCUT2D eigenvalue weighted by molar-refractivity contribution is 6.33. The van der Waals surface area contributed by atoms with Crippen molar-refractivity contribution in [1.29, 1.82) is 0 Å². The molecule has 0 radical (unpaired) electrons. The van der Waals surface area contributed by atoms with Crippen LogP contribution in [0.3, 0.4) is 0 Å². The molecule has 122 valence electrons. The summed E-state index contributed by atoms with van der Waals surface area (Å²) >= 11 is 5.63. The molecule has 0 aliphatic rings. The monoisotopic (exact) mass is 347 g/mol. The maximum Gasteiger partial charge on any atom is 0.253 e. The van der Waals surface area contributed by atoms with Gasteiger partial charge in [0.2, 0.25) is 0 Å². The Morgan fingerprint density at radius 1 is 1.09 bits per heavy atom. The van der Waals surface area contributed by atoms with Crippen LogP contribution in [0.4, 0.5) is 17.6 Å². The van der Waals surface area contributed by atoms with E-state index >= 15 is 0 Å². The van der Waals surface area contributed by atoms with E-state index in [-0.39, 0.29) is 10.6 Å². The molecule has 0 saturated carbocycles. The summed E-state index contributed by atoms with van der Waals surface area (Å²) in [5, 5.41) is 11.6. The van der Waals surface area contributed by atoms with E-state index in [1.54, 1.807) is 0 Å². The molecule has 3 nitrogen and oxygen atoms in total. The van der Waals surface area contributed by atoms with E-state index in [2.05, 4.69) is 5.32 Å². The highest BCUT2D eigenvalue weighted by atomic mass is 35.5. The quantitative estimate of drug-likeness (QED) is 0.658. The highest BCUT2D eigenvalue weighted by Crippen LogP contribution is 2.22. The van der Waals surface area contributed by atoms with Gasteiger partial charge in [0.15, 0.2) is 11.6 Å². The molecular weight excluding hydrogens is 338 g/mol. The van der Waals surface area contributed by atoms with Gasteiger partial charge >= 0.3 is 0 Å². The molecule has 0 aromatic heterocycles. The fourth-order valence-electron chi connectivity index (χ4n) is 1.91. The number of amides is 1. The fourth-order valence-corrected chi connectivity index (χ4v) is 2.15. The van der Waals surface area contributed by atoms with Crippen molar-refractivity contribution in [2.24, 2.45) is 0 Å². The zero-order valence-corrected chi connectivity index (χ0v) is 12.2. The minimum absolute atomic E-state index is 0.340. The third kappa shape index (κ3) is 3.80. The van der Waals surface area contributed by atoms with Crippen LogP contribution in [0.2, 0.25) is 5.02 Å². The summed E-state index contributed by atoms with van der Waals surface area (Å²) in [7, 11) is 0. The van der Waals surface area contributed by atoms with Crippen LogP contribution >= 0.6 is 11.6 Å². The van der Waals surface area contributed by atoms with E-state index in [1.807, 2.05) is 0 Å². The second-order valence-electron chi connectivity index (χ2n) is 4.61. The predicted octanol–water partition coefficient (Wildman–Crippen LogP) is 3.36. The van der Waals surface area contributed by atoms with Crippen molar-refractivity contribution in [2.75, 3.05) is 6.54 Å². The summed E-state index contributed by atoms with van der Waals surface area (Å²) in [6.07, 6.45) is -1.66. The van der Waals surface area contributed by atoms with E-state index in [0.717, 1.165) is 18.2 Å². The molecule has 2 rings (SSSR count). The zero-order chi connectivity index (χ0) is 17.1. The van der Waals surface area contributed by atoms with E-state index in [1.165, 1.54) is 0 Å². The number of nitrogens with one attached hydrogen (secondary N) is 1. The Kier molecular flexibility index (Phi) is 5.23. The standard InChI is InChI=1S/C15H10ClF4NO2/c16-8-5-12(20)11(19)4-7(8)15(23)21-6-13(22)14-9(17)2-1-3-10(14)18/h1-5,13,22H,6H2,(H,21,23). The summed E-state index contributed by atoms with van der Waals surface area (Å²) in [6, 6.07) is 4.24. The molecule has 2 aromatic carbocycles. The number of rotatable bonds is 4. The summed E-state index contributed by atoms with van der Waals surface area (Å²) in [5.74, 6) is -5.37. The first-order valence-corrected chi connectivity index (χ1v) is 6.73. The molecular formula is C15H10ClF4NO2. The van der Waals surface area contributed by atoms with Crippen LogP contribution in [0.15, 0.2) is 30.3 Å². The number of aliphatic hydroxyl groups is 1. The average molecular weight is 348 g/mol. The van der Waals surface area contributed by atoms with Crippen molar-refractivity contribution in [3.8, 4) is 0 Å². The number of hydrogen-bond acceptors (Lipinski definition) is 2. The lowest BCUT2D eigenvalue weighted by Crippen LogP contribution is -2.29. The summed E-state index contributed by atoms with van der Waals surface area (Å²) in [6.45, 7) is -0.550. The molecule has 8 heteroatoms. The third-order valence-electron chi connectivity index (χ3n) is 3.04. The molecule has 1 unspecified atom stereocenters. The Balaban J connectivity index is 2.12. The summed E-state index contributed by atoms with van der Waals surface area (Å²) in [5.41, 5.74) is -0.976. The molecule has 0 fully saturated rings. The van der Waals surface area contributed by atoms with Crippen LogP contribution in [0.1, 0.15) is 22.0 Å². The van der Waals surface area contributed by atoms with E-state index in [4.69, 9.17) is 11.6 Å². The van der Waals surface area contributed by atoms with Crippen LogP contribution in [-0.4, -0.2) is 17.6 Å². The number of aliphatic hydroxyl groups excluding tert-OH is 1. The van der Waals surface area contributed by atoms with Gasteiger partial charge in [0, 0.05) is 6.54 Å². The second kappa shape index (κ2) is 6.97. The molecule has 0 aliphatic heterocycles. The molecule has 2 aromatic rings. The Bertz CT molecular complexity index is 734. The normalized spacial score (nSPS) is 12.1. The highest BCUT2D eigenvalue weighted by Gasteiger charge is 2.20. The molecule has 2 N–H and O–H groups in total. The van der Waals surface area contributed by atoms with Crippen molar-refractivity contribution in [2.45, 2.75) is 6.10 Å². The summed E-state index contributed by atoms with van der Waals surface area (Å²) < 4.78 is 53.0. The van der Waals surface area contributed by atoms with Gasteiger partial charge in [-0.3, -0.25) is 4.79 Å². The fraction of sp³-hybridized carbons (Fsp3) is 0.133. The molecule has 0 heterocycles. The lowest BCUT2D eigenvalue weighted by Gasteiger charge is -2.14. The number of carbonyl (C=O) groups is 1. The summed E-state index contributed by atoms with van der Waals surface area (Å²) in [4.78, 5) is 11.9. The minimum atomic E-state index is -1.66. The van der Waals surface area contributed by atoms with Crippen molar-refractivity contribution in [3.05, 3.63) is 69.8 Å². The number of carbonyl (C=O) groups excluding carboxylic acids is 1. The van der Waals surface area contributed by atoms with E-state index in [0.29, 0.717) is 12.1 Å². The minimum Gasteiger partial charge on any atom is -0.386 e. The number of benzene rings is 2. The van der Waals surface area contributed by atoms with Gasteiger partial charge in [-0.25, -0.2) is 17.6 Å². The predicted molar refractivity (Wildman–Crippen MR) is 75.0 cm³/mol. The Morgan fingerprint density at radius 3 is 2.26 bits per heavy atom. The van der Waals surface area contributed by atoms with Gasteiger partial charge in [-0.05, 0) is 24.3 Å². The molecule has 0 saturated heterocycles. The molecule has 0 spiro atoms. The van der Waals surface area contributed by atoms with Gasteiger partial charge in [-0.1, -0.05) is 17.7 Å². The second-order valence-corrected chi connectivity index (χ2v) is 5.01. The van der Waals surface area contributed by atoms with Gasteiger partial charge in [0.05, 0.1) is 16.1 Å². The lowest BCUT2D eigenvalue weighted by molar-refractivity contribution is 0.0911. The van der Waals surface area contributed by atoms with Gasteiger partial charge < -0.3 is 10.4 Å². The molecule has 23 heavy (non-hydrogen) atoms. The molecule has 0 bridgehead atoms. The van der Waals surface area contributed by atoms with Crippen LogP contribution in [0.5, 0.6) is 0 Å². The van der Waals surface area contributed by atoms with Gasteiger partial charge in [-0.2, -0.15) is 0 Å². The van der Waals surface area contributed by atoms with Gasteiger partial charge in [-0.15, -0.1) is 0 Å². The van der Waals surface area contributed by atoms with Crippen LogP contribution in [0, 0.1) is 23.3 Å². The first-order chi connectivity index (χ1) is 10.8.